The van der Waals surface area contributed by atoms with Crippen molar-refractivity contribution in [1.82, 2.24) is 0 Å². The maximum atomic E-state index is 6.04. The Bertz CT molecular complexity index is 622. The molecule has 1 saturated heterocycles. The number of hydrogen-bond donors (Lipinski definition) is 1. The molecule has 2 aromatic rings. The van der Waals surface area contributed by atoms with Crippen LogP contribution >= 0.6 is 23.2 Å². The molecule has 1 heterocycles. The van der Waals surface area contributed by atoms with Gasteiger partial charge in [0.15, 0.2) is 0 Å². The van der Waals surface area contributed by atoms with Gasteiger partial charge in [0.1, 0.15) is 0 Å². The van der Waals surface area contributed by atoms with Gasteiger partial charge >= 0.3 is 0 Å². The SMILES string of the molecule is Clc1ccc(CNc2cccc(N3CCCC3)c2)cc1Cl. The van der Waals surface area contributed by atoms with Crippen molar-refractivity contribution in [3.8, 4) is 0 Å². The Balaban J connectivity index is 1.67. The van der Waals surface area contributed by atoms with Crippen LogP contribution in [0.15, 0.2) is 42.5 Å². The summed E-state index contributed by atoms with van der Waals surface area (Å²) in [5, 5.41) is 4.64. The van der Waals surface area contributed by atoms with E-state index in [1.165, 1.54) is 18.5 Å². The summed E-state index contributed by atoms with van der Waals surface area (Å²) in [7, 11) is 0. The van der Waals surface area contributed by atoms with Gasteiger partial charge in [0, 0.05) is 31.0 Å². The van der Waals surface area contributed by atoms with E-state index in [0.717, 1.165) is 30.9 Å². The Morgan fingerprint density at radius 2 is 1.76 bits per heavy atom. The lowest BCUT2D eigenvalue weighted by Gasteiger charge is -2.18. The summed E-state index contributed by atoms with van der Waals surface area (Å²) in [5.74, 6) is 0. The van der Waals surface area contributed by atoms with E-state index >= 15 is 0 Å². The molecule has 2 aromatic carbocycles. The second-order valence-corrected chi connectivity index (χ2v) is 6.16. The number of halogens is 2. The topological polar surface area (TPSA) is 15.3 Å². The summed E-state index contributed by atoms with van der Waals surface area (Å²) in [4.78, 5) is 2.43. The molecule has 110 valence electrons. The minimum absolute atomic E-state index is 0.594. The highest BCUT2D eigenvalue weighted by Gasteiger charge is 2.12. The normalized spacial score (nSPS) is 14.5. The van der Waals surface area contributed by atoms with Crippen LogP contribution in [0.3, 0.4) is 0 Å². The highest BCUT2D eigenvalue weighted by atomic mass is 35.5. The molecule has 0 saturated carbocycles. The van der Waals surface area contributed by atoms with Gasteiger partial charge in [0.2, 0.25) is 0 Å². The van der Waals surface area contributed by atoms with Crippen LogP contribution in [-0.2, 0) is 6.54 Å². The average Bonchev–Trinajstić information content (AvgIpc) is 3.03. The van der Waals surface area contributed by atoms with Gasteiger partial charge in [-0.25, -0.2) is 0 Å². The Kier molecular flexibility index (Phi) is 4.57. The van der Waals surface area contributed by atoms with Crippen LogP contribution in [0.2, 0.25) is 10.0 Å². The van der Waals surface area contributed by atoms with Crippen LogP contribution in [0.1, 0.15) is 18.4 Å². The first-order chi connectivity index (χ1) is 10.2. The molecule has 21 heavy (non-hydrogen) atoms. The first kappa shape index (κ1) is 14.6. The maximum Gasteiger partial charge on any atom is 0.0595 e. The maximum absolute atomic E-state index is 6.04. The lowest BCUT2D eigenvalue weighted by atomic mass is 10.2. The summed E-state index contributed by atoms with van der Waals surface area (Å²) in [5.41, 5.74) is 3.55. The van der Waals surface area contributed by atoms with Gasteiger partial charge < -0.3 is 10.2 Å². The van der Waals surface area contributed by atoms with Crippen molar-refractivity contribution in [2.75, 3.05) is 23.3 Å². The van der Waals surface area contributed by atoms with Crippen molar-refractivity contribution in [1.29, 1.82) is 0 Å². The van der Waals surface area contributed by atoms with Crippen molar-refractivity contribution in [3.05, 3.63) is 58.1 Å². The minimum Gasteiger partial charge on any atom is -0.381 e. The molecule has 0 amide bonds. The van der Waals surface area contributed by atoms with Gasteiger partial charge in [0.25, 0.3) is 0 Å². The van der Waals surface area contributed by atoms with Crippen LogP contribution < -0.4 is 10.2 Å². The molecular formula is C17H18Cl2N2. The van der Waals surface area contributed by atoms with E-state index in [4.69, 9.17) is 23.2 Å². The lowest BCUT2D eigenvalue weighted by molar-refractivity contribution is 0.949. The molecule has 4 heteroatoms. The third kappa shape index (κ3) is 3.63. The highest BCUT2D eigenvalue weighted by molar-refractivity contribution is 6.42. The van der Waals surface area contributed by atoms with E-state index in [9.17, 15) is 0 Å². The van der Waals surface area contributed by atoms with Crippen molar-refractivity contribution >= 4 is 34.6 Å². The lowest BCUT2D eigenvalue weighted by Crippen LogP contribution is -2.17. The highest BCUT2D eigenvalue weighted by Crippen LogP contribution is 2.25. The third-order valence-electron chi connectivity index (χ3n) is 3.80. The Labute approximate surface area is 135 Å². The molecular weight excluding hydrogens is 303 g/mol. The van der Waals surface area contributed by atoms with Gasteiger partial charge in [-0.05, 0) is 48.7 Å². The minimum atomic E-state index is 0.594. The molecule has 1 fully saturated rings. The van der Waals surface area contributed by atoms with E-state index in [0.29, 0.717) is 10.0 Å². The average molecular weight is 321 g/mol. The number of anilines is 2. The van der Waals surface area contributed by atoms with Gasteiger partial charge in [-0.1, -0.05) is 35.3 Å². The number of nitrogens with one attached hydrogen (secondary N) is 1. The monoisotopic (exact) mass is 320 g/mol. The number of rotatable bonds is 4. The summed E-state index contributed by atoms with van der Waals surface area (Å²) < 4.78 is 0. The Hall–Kier alpha value is -1.38. The van der Waals surface area contributed by atoms with Gasteiger partial charge in [-0.15, -0.1) is 0 Å². The predicted molar refractivity (Wildman–Crippen MR) is 91.7 cm³/mol. The van der Waals surface area contributed by atoms with Gasteiger partial charge in [-0.3, -0.25) is 0 Å². The van der Waals surface area contributed by atoms with Crippen LogP contribution in [0.4, 0.5) is 11.4 Å². The zero-order chi connectivity index (χ0) is 14.7. The summed E-state index contributed by atoms with van der Waals surface area (Å²) in [6, 6.07) is 14.3. The largest absolute Gasteiger partial charge is 0.381 e. The fourth-order valence-corrected chi connectivity index (χ4v) is 2.96. The molecule has 1 N–H and O–H groups in total. The molecule has 0 aromatic heterocycles. The van der Waals surface area contributed by atoms with Crippen LogP contribution in [0.5, 0.6) is 0 Å². The first-order valence-corrected chi connectivity index (χ1v) is 8.01. The predicted octanol–water partition coefficient (Wildman–Crippen LogP) is 5.21. The quantitative estimate of drug-likeness (QED) is 0.832. The molecule has 1 aliphatic rings. The van der Waals surface area contributed by atoms with E-state index in [-0.39, 0.29) is 0 Å². The summed E-state index contributed by atoms with van der Waals surface area (Å²) >= 11 is 12.0. The molecule has 3 rings (SSSR count). The molecule has 0 radical (unpaired) electrons. The van der Waals surface area contributed by atoms with Crippen molar-refractivity contribution in [2.45, 2.75) is 19.4 Å². The van der Waals surface area contributed by atoms with Crippen molar-refractivity contribution < 1.29 is 0 Å². The second-order valence-electron chi connectivity index (χ2n) is 5.35. The van der Waals surface area contributed by atoms with E-state index in [1.54, 1.807) is 0 Å². The fourth-order valence-electron chi connectivity index (χ4n) is 2.64. The molecule has 0 atom stereocenters. The van der Waals surface area contributed by atoms with E-state index in [2.05, 4.69) is 34.5 Å². The van der Waals surface area contributed by atoms with Crippen LogP contribution in [0.25, 0.3) is 0 Å². The molecule has 0 unspecified atom stereocenters. The fraction of sp³-hybridized carbons (Fsp3) is 0.294. The smallest absolute Gasteiger partial charge is 0.0595 e. The molecule has 0 bridgehead atoms. The summed E-state index contributed by atoms with van der Waals surface area (Å²) in [6.07, 6.45) is 2.59. The zero-order valence-corrected chi connectivity index (χ0v) is 13.3. The Morgan fingerprint density at radius 1 is 0.952 bits per heavy atom. The van der Waals surface area contributed by atoms with Crippen LogP contribution in [0, 0.1) is 0 Å². The van der Waals surface area contributed by atoms with Crippen LogP contribution in [-0.4, -0.2) is 13.1 Å². The third-order valence-corrected chi connectivity index (χ3v) is 4.54. The zero-order valence-electron chi connectivity index (χ0n) is 11.8. The van der Waals surface area contributed by atoms with E-state index in [1.807, 2.05) is 18.2 Å². The second kappa shape index (κ2) is 6.59. The van der Waals surface area contributed by atoms with Gasteiger partial charge in [0.05, 0.1) is 10.0 Å². The van der Waals surface area contributed by atoms with Crippen molar-refractivity contribution in [2.24, 2.45) is 0 Å². The number of hydrogen-bond acceptors (Lipinski definition) is 2. The standard InChI is InChI=1S/C17H18Cl2N2/c18-16-7-6-13(10-17(16)19)12-20-14-4-3-5-15(11-14)21-8-1-2-9-21/h3-7,10-11,20H,1-2,8-9,12H2. The molecule has 0 spiro atoms. The van der Waals surface area contributed by atoms with Crippen molar-refractivity contribution in [3.63, 3.8) is 0 Å². The number of nitrogens with zero attached hydrogens (tertiary/aromatic N) is 1. The molecule has 2 nitrogen and oxygen atoms in total. The Morgan fingerprint density at radius 3 is 2.52 bits per heavy atom. The number of benzene rings is 2. The van der Waals surface area contributed by atoms with Gasteiger partial charge in [-0.2, -0.15) is 0 Å². The molecule has 1 aliphatic heterocycles. The first-order valence-electron chi connectivity index (χ1n) is 7.25. The summed E-state index contributed by atoms with van der Waals surface area (Å²) in [6.45, 7) is 3.06. The molecule has 0 aliphatic carbocycles. The van der Waals surface area contributed by atoms with E-state index < -0.39 is 0 Å².